The van der Waals surface area contributed by atoms with Crippen LogP contribution < -0.4 is 0 Å². The van der Waals surface area contributed by atoms with E-state index in [4.69, 9.17) is 9.47 Å². The van der Waals surface area contributed by atoms with Crippen LogP contribution in [0.4, 0.5) is 0 Å². The lowest BCUT2D eigenvalue weighted by Gasteiger charge is -2.24. The predicted octanol–water partition coefficient (Wildman–Crippen LogP) is 3.28. The summed E-state index contributed by atoms with van der Waals surface area (Å²) in [5, 5.41) is 0. The summed E-state index contributed by atoms with van der Waals surface area (Å²) in [6.45, 7) is 1.88. The molecule has 24 heavy (non-hydrogen) atoms. The van der Waals surface area contributed by atoms with Gasteiger partial charge in [-0.25, -0.2) is 0 Å². The van der Waals surface area contributed by atoms with E-state index in [1.807, 2.05) is 49.4 Å². The molecule has 0 aliphatic carbocycles. The predicted molar refractivity (Wildman–Crippen MR) is 93.0 cm³/mol. The minimum absolute atomic E-state index is 0.0153. The van der Waals surface area contributed by atoms with E-state index < -0.39 is 17.4 Å². The second-order valence-electron chi connectivity index (χ2n) is 5.07. The minimum Gasteiger partial charge on any atom is -0.468 e. The van der Waals surface area contributed by atoms with Crippen LogP contribution in [0.2, 0.25) is 0 Å². The molecular weight excluding hydrogens is 304 g/mol. The molecule has 0 bridgehead atoms. The van der Waals surface area contributed by atoms with Crippen molar-refractivity contribution in [2.45, 2.75) is 19.8 Å². The van der Waals surface area contributed by atoms with Gasteiger partial charge in [-0.05, 0) is 25.5 Å². The van der Waals surface area contributed by atoms with Crippen molar-refractivity contribution in [2.24, 2.45) is 5.41 Å². The van der Waals surface area contributed by atoms with Crippen molar-refractivity contribution >= 4 is 11.9 Å². The second kappa shape index (κ2) is 10.1. The number of carbonyl (C=O) groups excluding carboxylic acids is 2. The molecule has 126 valence electrons. The van der Waals surface area contributed by atoms with E-state index in [0.29, 0.717) is 0 Å². The van der Waals surface area contributed by atoms with Crippen molar-refractivity contribution in [3.63, 3.8) is 0 Å². The van der Waals surface area contributed by atoms with Crippen LogP contribution in [0.5, 0.6) is 0 Å². The quantitative estimate of drug-likeness (QED) is 0.348. The van der Waals surface area contributed by atoms with E-state index >= 15 is 0 Å². The number of allylic oxidation sites excluding steroid dienone is 4. The first-order chi connectivity index (χ1) is 11.6. The van der Waals surface area contributed by atoms with Gasteiger partial charge in [0.05, 0.1) is 14.2 Å². The number of benzene rings is 1. The van der Waals surface area contributed by atoms with Crippen LogP contribution in [0.25, 0.3) is 0 Å². The molecule has 0 unspecified atom stereocenters. The summed E-state index contributed by atoms with van der Waals surface area (Å²) >= 11 is 0. The Bertz CT molecular complexity index is 644. The smallest absolute Gasteiger partial charge is 0.324 e. The number of rotatable bonds is 6. The Morgan fingerprint density at radius 3 is 2.25 bits per heavy atom. The third-order valence-corrected chi connectivity index (χ3v) is 3.45. The van der Waals surface area contributed by atoms with Gasteiger partial charge in [0, 0.05) is 12.0 Å². The van der Waals surface area contributed by atoms with Gasteiger partial charge in [-0.15, -0.1) is 0 Å². The fourth-order valence-electron chi connectivity index (χ4n) is 2.13. The molecule has 0 N–H and O–H groups in total. The average Bonchev–Trinajstić information content (AvgIpc) is 2.63. The van der Waals surface area contributed by atoms with Crippen LogP contribution in [0.3, 0.4) is 0 Å². The van der Waals surface area contributed by atoms with E-state index in [9.17, 15) is 9.59 Å². The van der Waals surface area contributed by atoms with Gasteiger partial charge in [-0.2, -0.15) is 0 Å². The molecule has 0 aromatic heterocycles. The third kappa shape index (κ3) is 5.13. The zero-order chi connectivity index (χ0) is 17.8. The first-order valence-corrected chi connectivity index (χ1v) is 7.59. The number of carbonyl (C=O) groups is 2. The van der Waals surface area contributed by atoms with Crippen molar-refractivity contribution in [1.82, 2.24) is 0 Å². The fourth-order valence-corrected chi connectivity index (χ4v) is 2.13. The van der Waals surface area contributed by atoms with Gasteiger partial charge in [0.1, 0.15) is 0 Å². The van der Waals surface area contributed by atoms with Crippen LogP contribution in [-0.4, -0.2) is 26.2 Å². The molecule has 0 spiro atoms. The Morgan fingerprint density at radius 1 is 1.08 bits per heavy atom. The highest BCUT2D eigenvalue weighted by molar-refractivity contribution is 6.00. The highest BCUT2D eigenvalue weighted by atomic mass is 16.5. The van der Waals surface area contributed by atoms with Crippen LogP contribution in [0.1, 0.15) is 25.3 Å². The van der Waals surface area contributed by atoms with E-state index in [2.05, 4.69) is 11.8 Å². The van der Waals surface area contributed by atoms with Crippen LogP contribution in [-0.2, 0) is 19.1 Å². The number of hydrogen-bond donors (Lipinski definition) is 0. The normalized spacial score (nSPS) is 11.1. The number of ether oxygens (including phenoxy) is 2. The lowest BCUT2D eigenvalue weighted by Crippen LogP contribution is -2.40. The van der Waals surface area contributed by atoms with Crippen molar-refractivity contribution in [3.05, 3.63) is 60.2 Å². The standard InChI is InChI=1S/C20H22O4/c1-4-5-6-10-15-20(18(21)23-2,19(22)24-3)16-11-14-17-12-8-7-9-13-17/h4-10,12-13H,15-16H2,1-3H3/b5-4+,10-6-. The molecular formula is C20H22O4. The first-order valence-electron chi connectivity index (χ1n) is 7.59. The monoisotopic (exact) mass is 326 g/mol. The summed E-state index contributed by atoms with van der Waals surface area (Å²) in [5.41, 5.74) is -0.658. The molecule has 0 amide bonds. The summed E-state index contributed by atoms with van der Waals surface area (Å²) < 4.78 is 9.68. The lowest BCUT2D eigenvalue weighted by molar-refractivity contribution is -0.168. The summed E-state index contributed by atoms with van der Waals surface area (Å²) in [4.78, 5) is 24.6. The molecule has 1 aromatic rings. The number of methoxy groups -OCH3 is 2. The number of esters is 2. The average molecular weight is 326 g/mol. The van der Waals surface area contributed by atoms with Crippen LogP contribution in [0.15, 0.2) is 54.6 Å². The van der Waals surface area contributed by atoms with Gasteiger partial charge in [-0.3, -0.25) is 9.59 Å². The van der Waals surface area contributed by atoms with Crippen LogP contribution in [0, 0.1) is 17.3 Å². The first kappa shape index (κ1) is 19.2. The topological polar surface area (TPSA) is 52.6 Å². The van der Waals surface area contributed by atoms with Crippen molar-refractivity contribution < 1.29 is 19.1 Å². The molecule has 0 saturated heterocycles. The SMILES string of the molecule is C/C=C/C=C\CC(CC#Cc1ccccc1)(C(=O)OC)C(=O)OC. The molecule has 4 heteroatoms. The third-order valence-electron chi connectivity index (χ3n) is 3.45. The van der Waals surface area contributed by atoms with Crippen molar-refractivity contribution in [2.75, 3.05) is 14.2 Å². The molecule has 0 aliphatic rings. The van der Waals surface area contributed by atoms with E-state index in [1.54, 1.807) is 12.2 Å². The molecule has 0 saturated carbocycles. The summed E-state index contributed by atoms with van der Waals surface area (Å²) in [6, 6.07) is 9.35. The summed E-state index contributed by atoms with van der Waals surface area (Å²) in [7, 11) is 2.50. The second-order valence-corrected chi connectivity index (χ2v) is 5.07. The molecule has 0 radical (unpaired) electrons. The van der Waals surface area contributed by atoms with Gasteiger partial charge in [-0.1, -0.05) is 54.3 Å². The maximum atomic E-state index is 12.3. The lowest BCUT2D eigenvalue weighted by atomic mass is 9.81. The highest BCUT2D eigenvalue weighted by Crippen LogP contribution is 2.30. The van der Waals surface area contributed by atoms with Gasteiger partial charge in [0.15, 0.2) is 5.41 Å². The number of hydrogen-bond acceptors (Lipinski definition) is 4. The molecule has 1 rings (SSSR count). The Morgan fingerprint density at radius 2 is 1.71 bits per heavy atom. The maximum absolute atomic E-state index is 12.3. The van der Waals surface area contributed by atoms with Crippen molar-refractivity contribution in [3.8, 4) is 11.8 Å². The minimum atomic E-state index is -1.47. The van der Waals surface area contributed by atoms with Crippen LogP contribution >= 0.6 is 0 Å². The largest absolute Gasteiger partial charge is 0.468 e. The Balaban J connectivity index is 3.12. The van der Waals surface area contributed by atoms with Gasteiger partial charge < -0.3 is 9.47 Å². The maximum Gasteiger partial charge on any atom is 0.324 e. The Labute approximate surface area is 143 Å². The van der Waals surface area contributed by atoms with E-state index in [1.165, 1.54) is 14.2 Å². The molecule has 4 nitrogen and oxygen atoms in total. The Hall–Kier alpha value is -2.80. The summed E-state index contributed by atoms with van der Waals surface area (Å²) in [6.07, 6.45) is 7.34. The zero-order valence-corrected chi connectivity index (χ0v) is 14.2. The Kier molecular flexibility index (Phi) is 8.07. The molecule has 0 atom stereocenters. The molecule has 0 fully saturated rings. The van der Waals surface area contributed by atoms with Gasteiger partial charge in [0.2, 0.25) is 0 Å². The van der Waals surface area contributed by atoms with Crippen molar-refractivity contribution in [1.29, 1.82) is 0 Å². The molecule has 1 aromatic carbocycles. The molecule has 0 aliphatic heterocycles. The summed E-state index contributed by atoms with van der Waals surface area (Å²) in [5.74, 6) is 4.56. The van der Waals surface area contributed by atoms with E-state index in [-0.39, 0.29) is 12.8 Å². The van der Waals surface area contributed by atoms with Gasteiger partial charge in [0.25, 0.3) is 0 Å². The fraction of sp³-hybridized carbons (Fsp3) is 0.300. The zero-order valence-electron chi connectivity index (χ0n) is 14.2. The molecule has 0 heterocycles. The van der Waals surface area contributed by atoms with E-state index in [0.717, 1.165) is 5.56 Å². The van der Waals surface area contributed by atoms with Gasteiger partial charge >= 0.3 is 11.9 Å². The highest BCUT2D eigenvalue weighted by Gasteiger charge is 2.47.